The van der Waals surface area contributed by atoms with E-state index in [1.165, 1.54) is 4.90 Å². The van der Waals surface area contributed by atoms with Crippen molar-refractivity contribution in [3.63, 3.8) is 0 Å². The van der Waals surface area contributed by atoms with E-state index in [1.807, 2.05) is 51.1 Å². The zero-order chi connectivity index (χ0) is 22.1. The molecular weight excluding hydrogens is 384 g/mol. The maximum atomic E-state index is 12.6. The normalized spacial score (nSPS) is 19.7. The number of rotatable bonds is 4. The van der Waals surface area contributed by atoms with Crippen LogP contribution in [0.4, 0.5) is 0 Å². The lowest BCUT2D eigenvalue weighted by Gasteiger charge is -2.40. The van der Waals surface area contributed by atoms with Crippen LogP contribution in [0.15, 0.2) is 30.3 Å². The lowest BCUT2D eigenvalue weighted by molar-refractivity contribution is -0.156. The second-order valence-corrected chi connectivity index (χ2v) is 8.80. The summed E-state index contributed by atoms with van der Waals surface area (Å²) in [6, 6.07) is 8.70. The number of hydrogen-bond acceptors (Lipinski definition) is 5. The number of morpholine rings is 1. The van der Waals surface area contributed by atoms with Crippen LogP contribution < -0.4 is 11.1 Å². The van der Waals surface area contributed by atoms with E-state index in [4.69, 9.17) is 10.5 Å². The third kappa shape index (κ3) is 7.76. The molecule has 3 N–H and O–H groups in total. The van der Waals surface area contributed by atoms with Crippen molar-refractivity contribution >= 4 is 17.7 Å². The highest BCUT2D eigenvalue weighted by atomic mass is 16.5. The third-order valence-electron chi connectivity index (χ3n) is 4.81. The van der Waals surface area contributed by atoms with Crippen molar-refractivity contribution < 1.29 is 19.1 Å². The van der Waals surface area contributed by atoms with Gasteiger partial charge in [0.15, 0.2) is 0 Å². The zero-order valence-electron chi connectivity index (χ0n) is 18.2. The molecule has 2 aliphatic heterocycles. The Kier molecular flexibility index (Phi) is 8.80. The van der Waals surface area contributed by atoms with E-state index < -0.39 is 11.9 Å². The molecule has 8 heteroatoms. The molecule has 1 unspecified atom stereocenters. The van der Waals surface area contributed by atoms with E-state index in [1.54, 1.807) is 4.90 Å². The number of nitrogens with one attached hydrogen (secondary N) is 1. The molecule has 30 heavy (non-hydrogen) atoms. The minimum Gasteiger partial charge on any atom is -0.379 e. The average Bonchev–Trinajstić information content (AvgIpc) is 2.70. The van der Waals surface area contributed by atoms with E-state index in [0.29, 0.717) is 13.0 Å². The topological polar surface area (TPSA) is 105 Å². The van der Waals surface area contributed by atoms with Crippen LogP contribution in [0.1, 0.15) is 39.2 Å². The standard InChI is InChI=1S/C18H25N3O3.C4H9NO/c1-18(2,3)10-16(23)21-12-20(11-13-7-5-4-6-8-13)15(22)9-14(21)17(19)24;1-3-6-4-2-5-1/h4-8,14H,9-12H2,1-3H3,(H2,19,24);5H,1-4H2. The smallest absolute Gasteiger partial charge is 0.240 e. The Balaban J connectivity index is 0.000000456. The summed E-state index contributed by atoms with van der Waals surface area (Å²) in [5, 5.41) is 3.16. The monoisotopic (exact) mass is 418 g/mol. The fraction of sp³-hybridized carbons (Fsp3) is 0.591. The van der Waals surface area contributed by atoms with Crippen LogP contribution in [0.3, 0.4) is 0 Å². The quantitative estimate of drug-likeness (QED) is 0.762. The molecule has 0 saturated carbocycles. The summed E-state index contributed by atoms with van der Waals surface area (Å²) in [6.45, 7) is 10.2. The third-order valence-corrected chi connectivity index (χ3v) is 4.81. The molecule has 1 atom stereocenters. The molecule has 2 saturated heterocycles. The summed E-state index contributed by atoms with van der Waals surface area (Å²) in [6.07, 6.45) is 0.238. The van der Waals surface area contributed by atoms with Crippen LogP contribution in [0.25, 0.3) is 0 Å². The summed E-state index contributed by atoms with van der Waals surface area (Å²) < 4.78 is 5.01. The van der Waals surface area contributed by atoms with Gasteiger partial charge in [-0.15, -0.1) is 0 Å². The lowest BCUT2D eigenvalue weighted by Crippen LogP contribution is -2.59. The van der Waals surface area contributed by atoms with Crippen molar-refractivity contribution in [2.75, 3.05) is 33.0 Å². The first-order chi connectivity index (χ1) is 14.2. The summed E-state index contributed by atoms with van der Waals surface area (Å²) >= 11 is 0. The summed E-state index contributed by atoms with van der Waals surface area (Å²) in [5.41, 5.74) is 6.19. The number of nitrogens with zero attached hydrogens (tertiary/aromatic N) is 2. The number of nitrogens with two attached hydrogens (primary N) is 1. The van der Waals surface area contributed by atoms with Crippen molar-refractivity contribution in [1.82, 2.24) is 15.1 Å². The second kappa shape index (κ2) is 11.1. The van der Waals surface area contributed by atoms with E-state index in [0.717, 1.165) is 31.9 Å². The van der Waals surface area contributed by atoms with Crippen LogP contribution in [-0.4, -0.2) is 66.5 Å². The molecule has 1 aromatic carbocycles. The van der Waals surface area contributed by atoms with Crippen LogP contribution in [-0.2, 0) is 25.7 Å². The highest BCUT2D eigenvalue weighted by Crippen LogP contribution is 2.24. The molecule has 3 amide bonds. The van der Waals surface area contributed by atoms with Crippen molar-refractivity contribution in [2.24, 2.45) is 11.1 Å². The summed E-state index contributed by atoms with van der Waals surface area (Å²) in [7, 11) is 0. The first kappa shape index (κ1) is 23.8. The number of carbonyl (C=O) groups is 3. The van der Waals surface area contributed by atoms with Crippen molar-refractivity contribution in [1.29, 1.82) is 0 Å². The maximum Gasteiger partial charge on any atom is 0.240 e. The van der Waals surface area contributed by atoms with E-state index >= 15 is 0 Å². The van der Waals surface area contributed by atoms with Gasteiger partial charge < -0.3 is 25.6 Å². The average molecular weight is 419 g/mol. The number of benzene rings is 1. The SMILES string of the molecule is C1COCCN1.CC(C)(C)CC(=O)N1CN(Cc2ccccc2)C(=O)CC1C(N)=O. The van der Waals surface area contributed by atoms with E-state index in [2.05, 4.69) is 5.32 Å². The van der Waals surface area contributed by atoms with Gasteiger partial charge in [-0.3, -0.25) is 14.4 Å². The van der Waals surface area contributed by atoms with E-state index in [9.17, 15) is 14.4 Å². The molecule has 0 bridgehead atoms. The van der Waals surface area contributed by atoms with Crippen molar-refractivity contribution in [2.45, 2.75) is 46.2 Å². The van der Waals surface area contributed by atoms with Gasteiger partial charge in [-0.1, -0.05) is 51.1 Å². The first-order valence-electron chi connectivity index (χ1n) is 10.4. The molecule has 0 aliphatic carbocycles. The fourth-order valence-electron chi connectivity index (χ4n) is 3.29. The molecule has 0 aromatic heterocycles. The predicted molar refractivity (Wildman–Crippen MR) is 114 cm³/mol. The van der Waals surface area contributed by atoms with Crippen LogP contribution >= 0.6 is 0 Å². The molecule has 0 spiro atoms. The highest BCUT2D eigenvalue weighted by molar-refractivity contribution is 5.93. The van der Waals surface area contributed by atoms with Gasteiger partial charge in [-0.25, -0.2) is 0 Å². The van der Waals surface area contributed by atoms with Gasteiger partial charge in [0.05, 0.1) is 26.3 Å². The summed E-state index contributed by atoms with van der Waals surface area (Å²) in [5.74, 6) is -0.954. The Morgan fingerprint density at radius 2 is 1.80 bits per heavy atom. The minimum absolute atomic E-state index is 0.0575. The highest BCUT2D eigenvalue weighted by Gasteiger charge is 2.38. The van der Waals surface area contributed by atoms with Gasteiger partial charge in [-0.2, -0.15) is 0 Å². The fourth-order valence-corrected chi connectivity index (χ4v) is 3.29. The Morgan fingerprint density at radius 3 is 2.27 bits per heavy atom. The number of primary amides is 1. The molecule has 3 rings (SSSR count). The second-order valence-electron chi connectivity index (χ2n) is 8.80. The molecular formula is C22H34N4O4. The number of amides is 3. The Hall–Kier alpha value is -2.45. The molecule has 1 aromatic rings. The molecule has 166 valence electrons. The Morgan fingerprint density at radius 1 is 1.17 bits per heavy atom. The van der Waals surface area contributed by atoms with Gasteiger partial charge in [0.2, 0.25) is 17.7 Å². The largest absolute Gasteiger partial charge is 0.379 e. The van der Waals surface area contributed by atoms with Crippen LogP contribution in [0, 0.1) is 5.41 Å². The van der Waals surface area contributed by atoms with Crippen LogP contribution in [0.2, 0.25) is 0 Å². The molecule has 8 nitrogen and oxygen atoms in total. The predicted octanol–water partition coefficient (Wildman–Crippen LogP) is 1.10. The van der Waals surface area contributed by atoms with Crippen molar-refractivity contribution in [3.8, 4) is 0 Å². The number of ether oxygens (including phenoxy) is 1. The van der Waals surface area contributed by atoms with Gasteiger partial charge in [0.1, 0.15) is 6.04 Å². The van der Waals surface area contributed by atoms with Gasteiger partial charge in [0.25, 0.3) is 0 Å². The van der Waals surface area contributed by atoms with Gasteiger partial charge in [-0.05, 0) is 11.0 Å². The van der Waals surface area contributed by atoms with Gasteiger partial charge >= 0.3 is 0 Å². The van der Waals surface area contributed by atoms with Crippen molar-refractivity contribution in [3.05, 3.63) is 35.9 Å². The number of hydrogen-bond donors (Lipinski definition) is 2. The Labute approximate surface area is 178 Å². The molecule has 2 heterocycles. The summed E-state index contributed by atoms with van der Waals surface area (Å²) in [4.78, 5) is 39.7. The maximum absolute atomic E-state index is 12.6. The van der Waals surface area contributed by atoms with E-state index in [-0.39, 0.29) is 30.3 Å². The minimum atomic E-state index is -0.862. The number of carbonyl (C=O) groups excluding carboxylic acids is 3. The zero-order valence-corrected chi connectivity index (χ0v) is 18.2. The first-order valence-corrected chi connectivity index (χ1v) is 10.4. The molecule has 2 fully saturated rings. The lowest BCUT2D eigenvalue weighted by atomic mass is 9.91. The molecule has 2 aliphatic rings. The molecule has 0 radical (unpaired) electrons. The van der Waals surface area contributed by atoms with Crippen LogP contribution in [0.5, 0.6) is 0 Å². The van der Waals surface area contributed by atoms with Gasteiger partial charge in [0, 0.05) is 26.1 Å². The Bertz CT molecular complexity index is 702.